The topological polar surface area (TPSA) is 166 Å². The Hall–Kier alpha value is -4.81. The minimum atomic E-state index is -0.250. The van der Waals surface area contributed by atoms with Crippen molar-refractivity contribution in [1.29, 1.82) is 0 Å². The molecule has 12 heteroatoms. The molecule has 0 aliphatic carbocycles. The fourth-order valence-electron chi connectivity index (χ4n) is 3.63. The Morgan fingerprint density at radius 3 is 2.26 bits per heavy atom. The Balaban J connectivity index is 0. The number of likely N-dealkylation sites (N-methyl/N-ethyl adjacent to an activating group) is 1. The van der Waals surface area contributed by atoms with Gasteiger partial charge in [0.05, 0.1) is 37.0 Å². The molecule has 1 heterocycles. The summed E-state index contributed by atoms with van der Waals surface area (Å²) in [6.45, 7) is 11.3. The Kier molecular flexibility index (Phi) is 29.8. The Morgan fingerprint density at radius 1 is 1.02 bits per heavy atom. The zero-order valence-electron chi connectivity index (χ0n) is 31.3. The van der Waals surface area contributed by atoms with Crippen molar-refractivity contribution in [2.75, 3.05) is 48.0 Å². The van der Waals surface area contributed by atoms with Crippen LogP contribution in [0, 0.1) is 12.8 Å². The molecule has 50 heavy (non-hydrogen) atoms. The maximum absolute atomic E-state index is 11.7. The number of amides is 1. The number of methoxy groups -OCH3 is 2. The number of nitrogens with one attached hydrogen (secondary N) is 1. The number of fused-ring (bicyclic) bond motifs is 1. The van der Waals surface area contributed by atoms with Crippen LogP contribution in [-0.4, -0.2) is 92.3 Å². The molecule has 0 fully saturated rings. The number of hydrogen-bond donors (Lipinski definition) is 3. The van der Waals surface area contributed by atoms with Crippen LogP contribution in [0.25, 0.3) is 11.0 Å². The summed E-state index contributed by atoms with van der Waals surface area (Å²) in [5.41, 5.74) is 7.48. The molecule has 0 saturated carbocycles. The highest BCUT2D eigenvalue weighted by Gasteiger charge is 2.07. The van der Waals surface area contributed by atoms with Crippen LogP contribution in [0.5, 0.6) is 11.6 Å². The average molecular weight is 698 g/mol. The number of ketones is 1. The lowest BCUT2D eigenvalue weighted by Gasteiger charge is -2.16. The Bertz CT molecular complexity index is 1380. The molecule has 0 aliphatic heterocycles. The molecule has 0 radical (unpaired) electrons. The van der Waals surface area contributed by atoms with Gasteiger partial charge in [0.15, 0.2) is 0 Å². The minimum Gasteiger partial charge on any atom is -0.490 e. The van der Waals surface area contributed by atoms with Crippen LogP contribution in [0.3, 0.4) is 0 Å². The summed E-state index contributed by atoms with van der Waals surface area (Å²) in [4.78, 5) is 40.9. The summed E-state index contributed by atoms with van der Waals surface area (Å²) in [5, 5.41) is 9.82. The number of Topliss-reactive ketones (excluding diaryl/α,β-unsaturated/α-hetero) is 1. The molecule has 1 aromatic heterocycles. The van der Waals surface area contributed by atoms with Gasteiger partial charge in [0.25, 0.3) is 6.47 Å². The molecule has 1 unspecified atom stereocenters. The molecular formula is C38H59N5O7. The second kappa shape index (κ2) is 31.5. The first kappa shape index (κ1) is 47.3. The molecule has 0 bridgehead atoms. The Labute approximate surface area is 298 Å². The molecule has 4 N–H and O–H groups in total. The van der Waals surface area contributed by atoms with Crippen molar-refractivity contribution >= 4 is 29.2 Å². The van der Waals surface area contributed by atoms with Crippen molar-refractivity contribution in [2.24, 2.45) is 11.7 Å². The van der Waals surface area contributed by atoms with Crippen LogP contribution >= 0.6 is 0 Å². The number of unbranched alkanes of at least 4 members (excludes halogenated alkanes) is 1. The first-order valence-corrected chi connectivity index (χ1v) is 16.4. The number of carboxylic acid groups (broad SMARTS) is 1. The van der Waals surface area contributed by atoms with E-state index in [0.717, 1.165) is 29.6 Å². The molecule has 0 saturated heterocycles. The van der Waals surface area contributed by atoms with Crippen molar-refractivity contribution < 1.29 is 33.7 Å². The highest BCUT2D eigenvalue weighted by Crippen LogP contribution is 2.13. The third-order valence-electron chi connectivity index (χ3n) is 6.30. The van der Waals surface area contributed by atoms with Gasteiger partial charge in [-0.25, -0.2) is 9.97 Å². The normalized spacial score (nSPS) is 10.6. The number of nitrogens with two attached hydrogens (primary N) is 1. The van der Waals surface area contributed by atoms with Crippen molar-refractivity contribution in [3.8, 4) is 11.6 Å². The van der Waals surface area contributed by atoms with Gasteiger partial charge in [-0.3, -0.25) is 9.59 Å². The number of ether oxygens (including phenoxy) is 3. The maximum atomic E-state index is 11.7. The van der Waals surface area contributed by atoms with Gasteiger partial charge in [0.1, 0.15) is 18.1 Å². The fourth-order valence-corrected chi connectivity index (χ4v) is 3.63. The van der Waals surface area contributed by atoms with Crippen LogP contribution in [0.2, 0.25) is 0 Å². The van der Waals surface area contributed by atoms with Gasteiger partial charge in [-0.05, 0) is 88.7 Å². The number of benzene rings is 2. The molecule has 3 aromatic rings. The molecule has 0 aliphatic rings. The van der Waals surface area contributed by atoms with E-state index in [1.807, 2.05) is 55.5 Å². The number of aromatic nitrogens is 2. The van der Waals surface area contributed by atoms with E-state index in [0.29, 0.717) is 31.4 Å². The van der Waals surface area contributed by atoms with Crippen LogP contribution < -0.4 is 20.5 Å². The number of hydrogen-bond acceptors (Lipinski definition) is 10. The lowest BCUT2D eigenvalue weighted by Crippen LogP contribution is -2.34. The van der Waals surface area contributed by atoms with Gasteiger partial charge in [0, 0.05) is 27.1 Å². The second-order valence-corrected chi connectivity index (χ2v) is 11.0. The molecule has 3 rings (SSSR count). The first-order valence-electron chi connectivity index (χ1n) is 16.4. The predicted octanol–water partition coefficient (Wildman–Crippen LogP) is 5.84. The van der Waals surface area contributed by atoms with Crippen molar-refractivity contribution in [2.45, 2.75) is 60.0 Å². The van der Waals surface area contributed by atoms with Crippen molar-refractivity contribution in [3.63, 3.8) is 0 Å². The predicted molar refractivity (Wildman–Crippen MR) is 201 cm³/mol. The number of allylic oxidation sites excluding steroid dienone is 1. The number of nitrogens with zero attached hydrogens (tertiary/aromatic N) is 3. The van der Waals surface area contributed by atoms with Crippen molar-refractivity contribution in [3.05, 3.63) is 84.7 Å². The molecule has 2 aromatic carbocycles. The summed E-state index contributed by atoms with van der Waals surface area (Å²) in [6.07, 6.45) is 11.7. The van der Waals surface area contributed by atoms with Gasteiger partial charge in [-0.15, -0.1) is 0 Å². The molecule has 278 valence electrons. The molecular weight excluding hydrogens is 638 g/mol. The van der Waals surface area contributed by atoms with Crippen LogP contribution in [-0.2, 0) is 19.1 Å². The first-order chi connectivity index (χ1) is 24.0. The summed E-state index contributed by atoms with van der Waals surface area (Å²) in [5.74, 6) is 2.33. The highest BCUT2D eigenvalue weighted by atomic mass is 16.5. The van der Waals surface area contributed by atoms with Gasteiger partial charge < -0.3 is 40.1 Å². The number of para-hydroxylation sites is 2. The molecule has 0 spiro atoms. The molecule has 1 atom stereocenters. The van der Waals surface area contributed by atoms with E-state index in [-0.39, 0.29) is 30.8 Å². The van der Waals surface area contributed by atoms with E-state index < -0.39 is 0 Å². The van der Waals surface area contributed by atoms with Crippen LogP contribution in [0.1, 0.15) is 52.5 Å². The largest absolute Gasteiger partial charge is 0.490 e. The summed E-state index contributed by atoms with van der Waals surface area (Å²) in [7, 11) is 6.49. The summed E-state index contributed by atoms with van der Waals surface area (Å²) in [6, 6.07) is 15.8. The zero-order valence-corrected chi connectivity index (χ0v) is 31.3. The number of aryl methyl sites for hydroxylation is 1. The van der Waals surface area contributed by atoms with E-state index in [9.17, 15) is 9.59 Å². The SMILES string of the molecule is CN.COC(C)/C=C/NCC(=O)N(C)CCCCC(C)=O.COc1cnc2ccccc2n1.Cc1cccc(OC/C=C\C(C)C)c1.O=CO. The van der Waals surface area contributed by atoms with Crippen LogP contribution in [0.4, 0.5) is 0 Å². The smallest absolute Gasteiger partial charge is 0.290 e. The standard InChI is InChI=1S/C14H26N2O3.C13H18O.C9H8N2O.CH5N.CH2O2/c1-12(17)7-5-6-10-16(3)14(18)11-15-9-8-13(2)19-4;1-11(2)6-5-9-14-13-8-4-7-12(3)10-13;1-12-9-6-10-7-4-2-3-5-8(7)11-9;1-2;2-1-3/h8-9,13,15H,5-7,10-11H2,1-4H3;4-8,10-11H,9H2,1-3H3;2-6H,1H3;2H2,1H3;1H,(H,2,3)/b9-8+;6-5-;;;. The van der Waals surface area contributed by atoms with Crippen molar-refractivity contribution in [1.82, 2.24) is 20.2 Å². The van der Waals surface area contributed by atoms with E-state index in [1.165, 1.54) is 12.6 Å². The third-order valence-corrected chi connectivity index (χ3v) is 6.30. The highest BCUT2D eigenvalue weighted by molar-refractivity contribution is 5.78. The number of carbonyl (C=O) groups excluding carboxylic acids is 2. The zero-order chi connectivity index (χ0) is 38.2. The van der Waals surface area contributed by atoms with Gasteiger partial charge in [-0.1, -0.05) is 50.3 Å². The van der Waals surface area contributed by atoms with E-state index >= 15 is 0 Å². The van der Waals surface area contributed by atoms with E-state index in [4.69, 9.17) is 24.1 Å². The monoisotopic (exact) mass is 697 g/mol. The van der Waals surface area contributed by atoms with Crippen LogP contribution in [0.15, 0.2) is 79.2 Å². The van der Waals surface area contributed by atoms with Gasteiger partial charge in [0.2, 0.25) is 11.8 Å². The Morgan fingerprint density at radius 2 is 1.68 bits per heavy atom. The summed E-state index contributed by atoms with van der Waals surface area (Å²) < 4.78 is 15.5. The van der Waals surface area contributed by atoms with E-state index in [2.05, 4.69) is 60.0 Å². The average Bonchev–Trinajstić information content (AvgIpc) is 3.11. The molecule has 12 nitrogen and oxygen atoms in total. The lowest BCUT2D eigenvalue weighted by atomic mass is 10.2. The second-order valence-electron chi connectivity index (χ2n) is 11.0. The minimum absolute atomic E-state index is 0.0342. The summed E-state index contributed by atoms with van der Waals surface area (Å²) >= 11 is 0. The fraction of sp³-hybridized carbons (Fsp3) is 0.447. The van der Waals surface area contributed by atoms with Gasteiger partial charge in [-0.2, -0.15) is 0 Å². The maximum Gasteiger partial charge on any atom is 0.290 e. The van der Waals surface area contributed by atoms with Gasteiger partial charge >= 0.3 is 0 Å². The molecule has 1 amide bonds. The quantitative estimate of drug-likeness (QED) is 0.0992. The lowest BCUT2D eigenvalue weighted by molar-refractivity contribution is -0.128. The van der Waals surface area contributed by atoms with E-state index in [1.54, 1.807) is 45.5 Å². The number of carbonyl (C=O) groups is 3. The number of rotatable bonds is 15. The third kappa shape index (κ3) is 26.2.